The number of carbonyl (C=O) groups is 2. The number of aromatic amines is 1. The molecule has 7 heteroatoms. The maximum atomic E-state index is 13.0. The maximum absolute atomic E-state index is 13.0. The highest BCUT2D eigenvalue weighted by molar-refractivity contribution is 6.05. The molecule has 7 nitrogen and oxygen atoms in total. The van der Waals surface area contributed by atoms with Gasteiger partial charge in [-0.1, -0.05) is 0 Å². The Labute approximate surface area is 147 Å². The number of hydrogen-bond acceptors (Lipinski definition) is 5. The van der Waals surface area contributed by atoms with Crippen molar-refractivity contribution in [1.82, 2.24) is 24.6 Å². The van der Waals surface area contributed by atoms with Crippen molar-refractivity contribution in [2.75, 3.05) is 13.1 Å². The summed E-state index contributed by atoms with van der Waals surface area (Å²) in [6, 6.07) is 0.132. The van der Waals surface area contributed by atoms with E-state index >= 15 is 0 Å². The largest absolute Gasteiger partial charge is 0.355 e. The minimum absolute atomic E-state index is 0.00778. The Morgan fingerprint density at radius 1 is 1.28 bits per heavy atom. The van der Waals surface area contributed by atoms with Crippen molar-refractivity contribution < 1.29 is 9.59 Å². The minimum Gasteiger partial charge on any atom is -0.355 e. The quantitative estimate of drug-likeness (QED) is 0.843. The fourth-order valence-corrected chi connectivity index (χ4v) is 3.84. The van der Waals surface area contributed by atoms with Crippen molar-refractivity contribution in [2.24, 2.45) is 0 Å². The standard InChI is InChI=1S/C18H25N5O2/c1-11-16(14(4)24)12(2)21-17(11)18(25)13(3)22-7-5-15(6-8-22)23-10-19-9-20-23/h9-10,13,15,21H,5-8H2,1-4H3. The molecule has 2 aromatic heterocycles. The molecule has 0 aromatic carbocycles. The predicted molar refractivity (Wildman–Crippen MR) is 93.9 cm³/mol. The molecule has 25 heavy (non-hydrogen) atoms. The van der Waals surface area contributed by atoms with Gasteiger partial charge >= 0.3 is 0 Å². The minimum atomic E-state index is -0.215. The van der Waals surface area contributed by atoms with E-state index in [1.54, 1.807) is 12.7 Å². The van der Waals surface area contributed by atoms with Crippen LogP contribution < -0.4 is 0 Å². The molecule has 2 aromatic rings. The number of carbonyl (C=O) groups excluding carboxylic acids is 2. The number of hydrogen-bond donors (Lipinski definition) is 1. The number of nitrogens with one attached hydrogen (secondary N) is 1. The molecule has 1 N–H and O–H groups in total. The molecule has 1 aliphatic rings. The smallest absolute Gasteiger partial charge is 0.196 e. The van der Waals surface area contributed by atoms with Crippen molar-refractivity contribution in [3.63, 3.8) is 0 Å². The second-order valence-corrected chi connectivity index (χ2v) is 6.86. The number of likely N-dealkylation sites (tertiary alicyclic amines) is 1. The number of ketones is 2. The Morgan fingerprint density at radius 2 is 1.96 bits per heavy atom. The van der Waals surface area contributed by atoms with Gasteiger partial charge < -0.3 is 4.98 Å². The van der Waals surface area contributed by atoms with E-state index in [0.717, 1.165) is 37.2 Å². The number of aryl methyl sites for hydroxylation is 1. The van der Waals surface area contributed by atoms with Crippen molar-refractivity contribution in [3.05, 3.63) is 35.2 Å². The van der Waals surface area contributed by atoms with Crippen molar-refractivity contribution in [2.45, 2.75) is 52.6 Å². The summed E-state index contributed by atoms with van der Waals surface area (Å²) in [5, 5.41) is 4.22. The Hall–Kier alpha value is -2.28. The summed E-state index contributed by atoms with van der Waals surface area (Å²) in [5.41, 5.74) is 2.74. The van der Waals surface area contributed by atoms with Crippen LogP contribution in [-0.2, 0) is 0 Å². The van der Waals surface area contributed by atoms with E-state index in [1.165, 1.54) is 6.92 Å². The third-order valence-corrected chi connectivity index (χ3v) is 5.27. The van der Waals surface area contributed by atoms with Gasteiger partial charge in [-0.3, -0.25) is 14.5 Å². The van der Waals surface area contributed by atoms with Crippen LogP contribution in [0.4, 0.5) is 0 Å². The van der Waals surface area contributed by atoms with E-state index in [9.17, 15) is 9.59 Å². The second kappa shape index (κ2) is 6.92. The molecule has 0 radical (unpaired) electrons. The van der Waals surface area contributed by atoms with Gasteiger partial charge in [0.1, 0.15) is 12.7 Å². The lowest BCUT2D eigenvalue weighted by atomic mass is 9.99. The predicted octanol–water partition coefficient (Wildman–Crippen LogP) is 2.33. The topological polar surface area (TPSA) is 83.9 Å². The Bertz CT molecular complexity index is 770. The number of rotatable bonds is 5. The van der Waals surface area contributed by atoms with Gasteiger partial charge in [-0.15, -0.1) is 0 Å². The van der Waals surface area contributed by atoms with Crippen molar-refractivity contribution in [1.29, 1.82) is 0 Å². The number of aromatic nitrogens is 4. The third kappa shape index (κ3) is 3.28. The van der Waals surface area contributed by atoms with E-state index in [2.05, 4.69) is 20.0 Å². The first kappa shape index (κ1) is 17.5. The van der Waals surface area contributed by atoms with Gasteiger partial charge in [-0.05, 0) is 46.1 Å². The lowest BCUT2D eigenvalue weighted by Crippen LogP contribution is -2.44. The van der Waals surface area contributed by atoms with Gasteiger partial charge in [-0.2, -0.15) is 5.10 Å². The molecule has 1 aliphatic heterocycles. The highest BCUT2D eigenvalue weighted by atomic mass is 16.1. The zero-order valence-corrected chi connectivity index (χ0v) is 15.2. The van der Waals surface area contributed by atoms with E-state index in [0.29, 0.717) is 17.3 Å². The first-order valence-electron chi connectivity index (χ1n) is 8.72. The highest BCUT2D eigenvalue weighted by Crippen LogP contribution is 2.25. The van der Waals surface area contributed by atoms with Gasteiger partial charge in [0, 0.05) is 24.3 Å². The van der Waals surface area contributed by atoms with Crippen LogP contribution in [0, 0.1) is 13.8 Å². The summed E-state index contributed by atoms with van der Waals surface area (Å²) in [7, 11) is 0. The molecule has 1 atom stereocenters. The number of H-pyrrole nitrogens is 1. The Kier molecular flexibility index (Phi) is 4.85. The second-order valence-electron chi connectivity index (χ2n) is 6.86. The molecule has 0 saturated carbocycles. The molecule has 0 aliphatic carbocycles. The van der Waals surface area contributed by atoms with Gasteiger partial charge in [0.15, 0.2) is 11.6 Å². The molecule has 3 heterocycles. The first-order valence-corrected chi connectivity index (χ1v) is 8.72. The molecular weight excluding hydrogens is 318 g/mol. The lowest BCUT2D eigenvalue weighted by molar-refractivity contribution is 0.0765. The van der Waals surface area contributed by atoms with E-state index in [-0.39, 0.29) is 17.6 Å². The van der Waals surface area contributed by atoms with Crippen LogP contribution in [0.2, 0.25) is 0 Å². The van der Waals surface area contributed by atoms with Crippen LogP contribution in [0.3, 0.4) is 0 Å². The van der Waals surface area contributed by atoms with Crippen LogP contribution in [-0.4, -0.2) is 55.3 Å². The van der Waals surface area contributed by atoms with Crippen LogP contribution >= 0.6 is 0 Å². The average molecular weight is 343 g/mol. The van der Waals surface area contributed by atoms with Crippen molar-refractivity contribution >= 4 is 11.6 Å². The van der Waals surface area contributed by atoms with Crippen LogP contribution in [0.15, 0.2) is 12.7 Å². The van der Waals surface area contributed by atoms with E-state index in [1.807, 2.05) is 25.5 Å². The molecule has 0 amide bonds. The van der Waals surface area contributed by atoms with Gasteiger partial charge in [0.2, 0.25) is 0 Å². The summed E-state index contributed by atoms with van der Waals surface area (Å²) in [6.07, 6.45) is 5.20. The summed E-state index contributed by atoms with van der Waals surface area (Å²) in [6.45, 7) is 8.86. The zero-order chi connectivity index (χ0) is 18.1. The molecule has 1 fully saturated rings. The van der Waals surface area contributed by atoms with Crippen LogP contribution in [0.1, 0.15) is 64.8 Å². The summed E-state index contributed by atoms with van der Waals surface area (Å²) < 4.78 is 1.90. The third-order valence-electron chi connectivity index (χ3n) is 5.27. The summed E-state index contributed by atoms with van der Waals surface area (Å²) >= 11 is 0. The number of Topliss-reactive ketones (excluding diaryl/α,β-unsaturated/α-hetero) is 2. The zero-order valence-electron chi connectivity index (χ0n) is 15.2. The van der Waals surface area contributed by atoms with Crippen molar-refractivity contribution in [3.8, 4) is 0 Å². The van der Waals surface area contributed by atoms with Gasteiger partial charge in [-0.25, -0.2) is 9.67 Å². The Morgan fingerprint density at radius 3 is 2.48 bits per heavy atom. The molecule has 134 valence electrons. The maximum Gasteiger partial charge on any atom is 0.196 e. The van der Waals surface area contributed by atoms with E-state index < -0.39 is 0 Å². The fraction of sp³-hybridized carbons (Fsp3) is 0.556. The first-order chi connectivity index (χ1) is 11.9. The van der Waals surface area contributed by atoms with Gasteiger partial charge in [0.25, 0.3) is 0 Å². The fourth-order valence-electron chi connectivity index (χ4n) is 3.84. The summed E-state index contributed by atoms with van der Waals surface area (Å²) in [5.74, 6) is 0.0407. The van der Waals surface area contributed by atoms with Gasteiger partial charge in [0.05, 0.1) is 17.8 Å². The normalized spacial score (nSPS) is 17.6. The lowest BCUT2D eigenvalue weighted by Gasteiger charge is -2.35. The molecule has 1 unspecified atom stereocenters. The molecular formula is C18H25N5O2. The molecule has 3 rings (SSSR count). The number of nitrogens with zero attached hydrogens (tertiary/aromatic N) is 4. The molecule has 0 spiro atoms. The monoisotopic (exact) mass is 343 g/mol. The summed E-state index contributed by atoms with van der Waals surface area (Å²) in [4.78, 5) is 34.1. The SMILES string of the molecule is CC(=O)c1c(C)[nH]c(C(=O)C(C)N2CCC(n3cncn3)CC2)c1C. The highest BCUT2D eigenvalue weighted by Gasteiger charge is 2.30. The van der Waals surface area contributed by atoms with Crippen LogP contribution in [0.5, 0.6) is 0 Å². The Balaban J connectivity index is 1.70. The van der Waals surface area contributed by atoms with E-state index in [4.69, 9.17) is 0 Å². The average Bonchev–Trinajstić information content (AvgIpc) is 3.22. The number of piperidine rings is 1. The molecule has 0 bridgehead atoms. The van der Waals surface area contributed by atoms with Crippen LogP contribution in [0.25, 0.3) is 0 Å². The molecule has 1 saturated heterocycles.